The fourth-order valence-corrected chi connectivity index (χ4v) is 5.61. The average Bonchev–Trinajstić information content (AvgIpc) is 2.81. The number of halogens is 3. The van der Waals surface area contributed by atoms with E-state index in [1.165, 1.54) is 35.2 Å². The van der Waals surface area contributed by atoms with E-state index in [2.05, 4.69) is 5.32 Å². The molecular weight excluding hydrogens is 479 g/mol. The van der Waals surface area contributed by atoms with E-state index in [0.29, 0.717) is 36.1 Å². The summed E-state index contributed by atoms with van der Waals surface area (Å²) in [7, 11) is -3.77. The van der Waals surface area contributed by atoms with Crippen molar-refractivity contribution in [2.75, 3.05) is 11.2 Å². The minimum Gasteiger partial charge on any atom is -0.326 e. The Morgan fingerprint density at radius 2 is 1.91 bits per heavy atom. The van der Waals surface area contributed by atoms with E-state index in [0.717, 1.165) is 24.0 Å². The van der Waals surface area contributed by atoms with Gasteiger partial charge in [0.25, 0.3) is 0 Å². The van der Waals surface area contributed by atoms with Crippen molar-refractivity contribution in [3.05, 3.63) is 82.1 Å². The number of allylic oxidation sites excluding steroid dienone is 2. The van der Waals surface area contributed by atoms with Gasteiger partial charge in [-0.2, -0.15) is 18.4 Å². The molecule has 4 rings (SSSR count). The Labute approximate surface area is 201 Å². The van der Waals surface area contributed by atoms with Gasteiger partial charge in [-0.15, -0.1) is 0 Å². The van der Waals surface area contributed by atoms with Gasteiger partial charge in [0.15, 0.2) is 9.84 Å². The summed E-state index contributed by atoms with van der Waals surface area (Å²) in [5, 5.41) is 12.1. The Balaban J connectivity index is 1.95. The van der Waals surface area contributed by atoms with Gasteiger partial charge in [-0.25, -0.2) is 13.2 Å². The summed E-state index contributed by atoms with van der Waals surface area (Å²) in [6, 6.07) is 9.24. The minimum absolute atomic E-state index is 0.0730. The fraction of sp³-hybridized carbons (Fsp3) is 0.280. The lowest BCUT2D eigenvalue weighted by atomic mass is 9.81. The number of alkyl halides is 3. The number of hydrogen-bond acceptors (Lipinski definition) is 4. The molecule has 1 N–H and O–H groups in total. The molecule has 2 aliphatic rings. The smallest absolute Gasteiger partial charge is 0.326 e. The van der Waals surface area contributed by atoms with Crippen molar-refractivity contribution in [3.63, 3.8) is 0 Å². The first-order valence-corrected chi connectivity index (χ1v) is 12.8. The Morgan fingerprint density at radius 3 is 2.54 bits per heavy atom. The zero-order valence-corrected chi connectivity index (χ0v) is 19.8. The van der Waals surface area contributed by atoms with Crippen LogP contribution in [0.5, 0.6) is 0 Å². The molecule has 10 heteroatoms. The summed E-state index contributed by atoms with van der Waals surface area (Å²) in [4.78, 5) is 14.5. The van der Waals surface area contributed by atoms with Crippen molar-refractivity contribution in [1.82, 2.24) is 5.32 Å². The van der Waals surface area contributed by atoms with Crippen LogP contribution in [0.15, 0.2) is 70.3 Å². The standard InChI is InChI=1S/C25H22F3N3O3S/c1-3-16-6-4-9-20-22(16)23(19-11-10-15(14-29)12-21(19)35(2,33)34)30-24(32)31(20)18-8-5-7-17(13-18)25(26,27)28/h3,5,7-8,10-13,23H,4,6,9H2,1-2H3,(H,30,32)/t23-/m0/s1. The molecule has 182 valence electrons. The lowest BCUT2D eigenvalue weighted by molar-refractivity contribution is -0.137. The maximum absolute atomic E-state index is 13.4. The second-order valence-corrected chi connectivity index (χ2v) is 10.4. The number of anilines is 1. The van der Waals surface area contributed by atoms with Crippen molar-refractivity contribution >= 4 is 21.6 Å². The van der Waals surface area contributed by atoms with Crippen molar-refractivity contribution in [2.24, 2.45) is 0 Å². The van der Waals surface area contributed by atoms with E-state index < -0.39 is 33.6 Å². The molecule has 0 saturated carbocycles. The Hall–Kier alpha value is -3.58. The Morgan fingerprint density at radius 1 is 1.17 bits per heavy atom. The van der Waals surface area contributed by atoms with E-state index in [9.17, 15) is 31.6 Å². The van der Waals surface area contributed by atoms with Crippen LogP contribution in [0.2, 0.25) is 0 Å². The zero-order chi connectivity index (χ0) is 25.5. The fourth-order valence-electron chi connectivity index (χ4n) is 4.66. The van der Waals surface area contributed by atoms with Gasteiger partial charge in [0.2, 0.25) is 0 Å². The third-order valence-corrected chi connectivity index (χ3v) is 7.33. The van der Waals surface area contributed by atoms with E-state index >= 15 is 0 Å². The summed E-state index contributed by atoms with van der Waals surface area (Å²) in [6.07, 6.45) is 0.0997. The number of benzene rings is 2. The van der Waals surface area contributed by atoms with E-state index in [1.54, 1.807) is 0 Å². The second kappa shape index (κ2) is 8.89. The van der Waals surface area contributed by atoms with Gasteiger partial charge in [0, 0.05) is 17.5 Å². The van der Waals surface area contributed by atoms with E-state index in [-0.39, 0.29) is 16.1 Å². The van der Waals surface area contributed by atoms with Crippen LogP contribution in [-0.2, 0) is 16.0 Å². The molecule has 2 amide bonds. The van der Waals surface area contributed by atoms with Crippen LogP contribution >= 0.6 is 0 Å². The number of carbonyl (C=O) groups excluding carboxylic acids is 1. The lowest BCUT2D eigenvalue weighted by Gasteiger charge is -2.41. The summed E-state index contributed by atoms with van der Waals surface area (Å²) in [5.74, 6) is 0. The number of urea groups is 1. The third kappa shape index (κ3) is 4.56. The summed E-state index contributed by atoms with van der Waals surface area (Å²) < 4.78 is 65.3. The van der Waals surface area contributed by atoms with Crippen LogP contribution in [0.25, 0.3) is 0 Å². The molecular formula is C25H22F3N3O3S. The van der Waals surface area contributed by atoms with Gasteiger partial charge in [0.05, 0.1) is 33.8 Å². The molecule has 0 saturated heterocycles. The normalized spacial score (nSPS) is 19.9. The monoisotopic (exact) mass is 501 g/mol. The van der Waals surface area contributed by atoms with Crippen LogP contribution in [0.4, 0.5) is 23.7 Å². The predicted octanol–water partition coefficient (Wildman–Crippen LogP) is 5.64. The molecule has 2 aromatic carbocycles. The number of nitrogens with zero attached hydrogens (tertiary/aromatic N) is 2. The van der Waals surface area contributed by atoms with Gasteiger partial charge in [-0.1, -0.05) is 18.2 Å². The van der Waals surface area contributed by atoms with Crippen molar-refractivity contribution in [3.8, 4) is 6.07 Å². The highest BCUT2D eigenvalue weighted by atomic mass is 32.2. The number of hydrogen-bond donors (Lipinski definition) is 1. The number of amides is 2. The maximum Gasteiger partial charge on any atom is 0.416 e. The first kappa shape index (κ1) is 24.5. The van der Waals surface area contributed by atoms with Crippen molar-refractivity contribution < 1.29 is 26.4 Å². The Bertz CT molecular complexity index is 1420. The van der Waals surface area contributed by atoms with Crippen LogP contribution in [-0.4, -0.2) is 20.7 Å². The summed E-state index contributed by atoms with van der Waals surface area (Å²) >= 11 is 0. The highest BCUT2D eigenvalue weighted by molar-refractivity contribution is 7.90. The number of carbonyl (C=O) groups is 1. The molecule has 1 atom stereocenters. The van der Waals surface area contributed by atoms with Crippen LogP contribution < -0.4 is 10.2 Å². The zero-order valence-electron chi connectivity index (χ0n) is 19.0. The minimum atomic E-state index is -4.57. The van der Waals surface area contributed by atoms with Crippen LogP contribution in [0.1, 0.15) is 48.9 Å². The molecule has 0 bridgehead atoms. The number of nitriles is 1. The molecule has 35 heavy (non-hydrogen) atoms. The topological polar surface area (TPSA) is 90.3 Å². The summed E-state index contributed by atoms with van der Waals surface area (Å²) in [5.41, 5.74) is 1.72. The highest BCUT2D eigenvalue weighted by Crippen LogP contribution is 2.45. The summed E-state index contributed by atoms with van der Waals surface area (Å²) in [6.45, 7) is 1.82. The molecule has 0 aromatic heterocycles. The van der Waals surface area contributed by atoms with E-state index in [4.69, 9.17) is 0 Å². The SMILES string of the molecule is CC=C1CCCC2=C1[C@H](c1ccc(C#N)cc1S(C)(=O)=O)NC(=O)N2c1cccc(C(F)(F)F)c1. The van der Waals surface area contributed by atoms with Crippen LogP contribution in [0, 0.1) is 11.3 Å². The van der Waals surface area contributed by atoms with Crippen molar-refractivity contribution in [2.45, 2.75) is 43.3 Å². The van der Waals surface area contributed by atoms with Gasteiger partial charge in [0.1, 0.15) is 0 Å². The first-order chi connectivity index (χ1) is 16.5. The first-order valence-electron chi connectivity index (χ1n) is 10.9. The quantitative estimate of drug-likeness (QED) is 0.590. The molecule has 2 aromatic rings. The second-order valence-electron chi connectivity index (χ2n) is 8.43. The molecule has 1 heterocycles. The third-order valence-electron chi connectivity index (χ3n) is 6.18. The average molecular weight is 502 g/mol. The van der Waals surface area contributed by atoms with Crippen LogP contribution in [0.3, 0.4) is 0 Å². The number of nitrogens with one attached hydrogen (secondary N) is 1. The predicted molar refractivity (Wildman–Crippen MR) is 124 cm³/mol. The molecule has 0 radical (unpaired) electrons. The lowest BCUT2D eigenvalue weighted by Crippen LogP contribution is -2.48. The van der Waals surface area contributed by atoms with E-state index in [1.807, 2.05) is 19.1 Å². The molecule has 0 spiro atoms. The molecule has 0 unspecified atom stereocenters. The number of sulfone groups is 1. The Kier molecular flexibility index (Phi) is 6.23. The highest BCUT2D eigenvalue weighted by Gasteiger charge is 2.40. The van der Waals surface area contributed by atoms with Gasteiger partial charge in [-0.05, 0) is 67.7 Å². The van der Waals surface area contributed by atoms with Gasteiger partial charge in [-0.3, -0.25) is 4.90 Å². The molecule has 1 aliphatic carbocycles. The molecule has 0 fully saturated rings. The molecule has 6 nitrogen and oxygen atoms in total. The van der Waals surface area contributed by atoms with Gasteiger partial charge >= 0.3 is 12.2 Å². The van der Waals surface area contributed by atoms with Gasteiger partial charge < -0.3 is 5.32 Å². The molecule has 1 aliphatic heterocycles. The maximum atomic E-state index is 13.4. The largest absolute Gasteiger partial charge is 0.416 e. The van der Waals surface area contributed by atoms with Crippen molar-refractivity contribution in [1.29, 1.82) is 5.26 Å². The number of rotatable bonds is 3.